The van der Waals surface area contributed by atoms with Crippen molar-refractivity contribution in [3.8, 4) is 0 Å². The molecule has 5 aromatic rings. The van der Waals surface area contributed by atoms with Crippen molar-refractivity contribution in [2.75, 3.05) is 0 Å². The van der Waals surface area contributed by atoms with Gasteiger partial charge in [-0.25, -0.2) is 0 Å². The maximum Gasteiger partial charge on any atom is 0.323 e. The van der Waals surface area contributed by atoms with Crippen molar-refractivity contribution in [3.05, 3.63) is 142 Å². The largest absolute Gasteiger partial charge is 0.480 e. The van der Waals surface area contributed by atoms with Crippen LogP contribution in [0, 0.1) is 0 Å². The van der Waals surface area contributed by atoms with Crippen molar-refractivity contribution in [1.29, 1.82) is 0 Å². The Morgan fingerprint density at radius 2 is 1.42 bits per heavy atom. The first-order valence-corrected chi connectivity index (χ1v) is 12.2. The monoisotopic (exact) mass is 476 g/mol. The minimum absolute atomic E-state index is 0.0250. The summed E-state index contributed by atoms with van der Waals surface area (Å²) in [7, 11) is 0. The zero-order chi connectivity index (χ0) is 24.9. The Morgan fingerprint density at radius 1 is 0.806 bits per heavy atom. The summed E-state index contributed by atoms with van der Waals surface area (Å²) in [6.45, 7) is -0.0669. The van der Waals surface area contributed by atoms with Crippen LogP contribution in [-0.2, 0) is 24.2 Å². The van der Waals surface area contributed by atoms with Crippen LogP contribution in [0.1, 0.15) is 40.2 Å². The minimum Gasteiger partial charge on any atom is -0.480 e. The number of pyridine rings is 1. The zero-order valence-corrected chi connectivity index (χ0v) is 19.9. The average Bonchev–Trinajstić information content (AvgIpc) is 3.24. The number of aromatic nitrogens is 2. The summed E-state index contributed by atoms with van der Waals surface area (Å²) in [5.41, 5.74) is 6.13. The Morgan fingerprint density at radius 3 is 2.08 bits per heavy atom. The Hall–Kier alpha value is -4.38. The van der Waals surface area contributed by atoms with E-state index in [1.54, 1.807) is 4.57 Å². The van der Waals surface area contributed by atoms with Crippen LogP contribution in [0.4, 0.5) is 0 Å². The van der Waals surface area contributed by atoms with E-state index >= 15 is 0 Å². The second kappa shape index (κ2) is 10.5. The molecule has 2 aromatic heterocycles. The lowest BCUT2D eigenvalue weighted by atomic mass is 9.85. The van der Waals surface area contributed by atoms with E-state index in [1.165, 1.54) is 11.1 Å². The van der Waals surface area contributed by atoms with E-state index in [-0.39, 0.29) is 18.0 Å². The molecule has 0 amide bonds. The molecule has 0 bridgehead atoms. The molecule has 2 heterocycles. The van der Waals surface area contributed by atoms with Crippen LogP contribution in [0.3, 0.4) is 0 Å². The third kappa shape index (κ3) is 5.01. The van der Waals surface area contributed by atoms with Crippen LogP contribution in [0.15, 0.2) is 108 Å². The van der Waals surface area contributed by atoms with Gasteiger partial charge in [0.25, 0.3) is 5.56 Å². The van der Waals surface area contributed by atoms with Gasteiger partial charge >= 0.3 is 5.97 Å². The Kier molecular flexibility index (Phi) is 6.80. The highest BCUT2D eigenvalue weighted by molar-refractivity contribution is 5.85. The first-order valence-electron chi connectivity index (χ1n) is 12.2. The summed E-state index contributed by atoms with van der Waals surface area (Å²) >= 11 is 0. The number of aryl methyl sites for hydroxylation is 2. The predicted molar refractivity (Wildman–Crippen MR) is 142 cm³/mol. The molecule has 5 heteroatoms. The summed E-state index contributed by atoms with van der Waals surface area (Å²) in [4.78, 5) is 27.0. The standard InChI is InChI=1S/C31H28N2O3/c34-29(35)21-33-20-25(27-16-7-8-17-28(27)33)15-9-14-24-18-26(19-32-31(24)36)30(22-10-3-1-4-11-22)23-12-5-2-6-13-23/h1-8,10-13,16-20,30H,9,14-15,21H2,(H,32,36)(H,34,35). The summed E-state index contributed by atoms with van der Waals surface area (Å²) in [5.74, 6) is -0.839. The van der Waals surface area contributed by atoms with Crippen molar-refractivity contribution in [3.63, 3.8) is 0 Å². The van der Waals surface area contributed by atoms with E-state index in [1.807, 2.05) is 79.1 Å². The van der Waals surface area contributed by atoms with Crippen LogP contribution in [0.25, 0.3) is 10.9 Å². The van der Waals surface area contributed by atoms with Crippen molar-refractivity contribution >= 4 is 16.9 Å². The third-order valence-corrected chi connectivity index (χ3v) is 6.67. The first-order chi connectivity index (χ1) is 17.6. The van der Waals surface area contributed by atoms with Crippen LogP contribution in [0.5, 0.6) is 0 Å². The molecule has 0 spiro atoms. The zero-order valence-electron chi connectivity index (χ0n) is 19.9. The van der Waals surface area contributed by atoms with E-state index in [9.17, 15) is 14.7 Å². The Balaban J connectivity index is 1.40. The average molecular weight is 477 g/mol. The van der Waals surface area contributed by atoms with Crippen molar-refractivity contribution in [2.45, 2.75) is 31.7 Å². The number of carboxylic acids is 1. The molecule has 5 nitrogen and oxygen atoms in total. The normalized spacial score (nSPS) is 11.2. The fourth-order valence-electron chi connectivity index (χ4n) is 5.04. The molecule has 0 aliphatic carbocycles. The molecular weight excluding hydrogens is 448 g/mol. The summed E-state index contributed by atoms with van der Waals surface area (Å²) < 4.78 is 1.78. The number of para-hydroxylation sites is 1. The number of hydrogen-bond donors (Lipinski definition) is 2. The Bertz CT molecular complexity index is 1500. The molecule has 0 saturated carbocycles. The second-order valence-corrected chi connectivity index (χ2v) is 9.09. The molecule has 180 valence electrons. The van der Waals surface area contributed by atoms with Gasteiger partial charge in [-0.15, -0.1) is 0 Å². The van der Waals surface area contributed by atoms with Gasteiger partial charge in [-0.05, 0) is 53.6 Å². The third-order valence-electron chi connectivity index (χ3n) is 6.67. The number of aromatic amines is 1. The molecule has 0 atom stereocenters. The molecule has 3 aromatic carbocycles. The van der Waals surface area contributed by atoms with Gasteiger partial charge in [0.2, 0.25) is 0 Å². The smallest absolute Gasteiger partial charge is 0.323 e. The number of H-pyrrole nitrogens is 1. The maximum atomic E-state index is 12.7. The highest BCUT2D eigenvalue weighted by Gasteiger charge is 2.18. The van der Waals surface area contributed by atoms with Gasteiger partial charge in [0.1, 0.15) is 6.54 Å². The SMILES string of the molecule is O=C(O)Cn1cc(CCCc2cc(C(c3ccccc3)c3ccccc3)c[nH]c2=O)c2ccccc21. The minimum atomic E-state index is -0.864. The van der Waals surface area contributed by atoms with Gasteiger partial charge in [0.15, 0.2) is 0 Å². The highest BCUT2D eigenvalue weighted by Crippen LogP contribution is 2.31. The number of nitrogens with zero attached hydrogens (tertiary/aromatic N) is 1. The number of fused-ring (bicyclic) bond motifs is 1. The fraction of sp³-hybridized carbons (Fsp3) is 0.161. The van der Waals surface area contributed by atoms with Crippen LogP contribution >= 0.6 is 0 Å². The molecule has 0 saturated heterocycles. The van der Waals surface area contributed by atoms with Crippen LogP contribution in [-0.4, -0.2) is 20.6 Å². The van der Waals surface area contributed by atoms with Crippen molar-refractivity contribution in [2.24, 2.45) is 0 Å². The topological polar surface area (TPSA) is 75.1 Å². The van der Waals surface area contributed by atoms with Crippen molar-refractivity contribution in [1.82, 2.24) is 9.55 Å². The second-order valence-electron chi connectivity index (χ2n) is 9.09. The number of hydrogen-bond acceptors (Lipinski definition) is 2. The number of carboxylic acid groups (broad SMARTS) is 1. The molecule has 2 N–H and O–H groups in total. The number of aliphatic carboxylic acids is 1. The van der Waals surface area contributed by atoms with Crippen LogP contribution in [0.2, 0.25) is 0 Å². The number of nitrogens with one attached hydrogen (secondary N) is 1. The number of carbonyl (C=O) groups is 1. The van der Waals surface area contributed by atoms with Gasteiger partial charge in [0, 0.05) is 34.8 Å². The van der Waals surface area contributed by atoms with Gasteiger partial charge in [0.05, 0.1) is 0 Å². The van der Waals surface area contributed by atoms with E-state index in [0.29, 0.717) is 6.42 Å². The molecule has 0 unspecified atom stereocenters. The van der Waals surface area contributed by atoms with E-state index in [0.717, 1.165) is 40.4 Å². The molecule has 0 fully saturated rings. The summed E-state index contributed by atoms with van der Waals surface area (Å²) in [5, 5.41) is 10.3. The van der Waals surface area contributed by atoms with Gasteiger partial charge in [-0.1, -0.05) is 78.9 Å². The van der Waals surface area contributed by atoms with E-state index in [2.05, 4.69) is 29.2 Å². The molecular formula is C31H28N2O3. The fourth-order valence-corrected chi connectivity index (χ4v) is 5.04. The lowest BCUT2D eigenvalue weighted by Gasteiger charge is -2.19. The van der Waals surface area contributed by atoms with Gasteiger partial charge in [-0.3, -0.25) is 9.59 Å². The lowest BCUT2D eigenvalue weighted by Crippen LogP contribution is -2.15. The highest BCUT2D eigenvalue weighted by atomic mass is 16.4. The van der Waals surface area contributed by atoms with Gasteiger partial charge < -0.3 is 14.7 Å². The van der Waals surface area contributed by atoms with Gasteiger partial charge in [-0.2, -0.15) is 0 Å². The van der Waals surface area contributed by atoms with E-state index in [4.69, 9.17) is 0 Å². The molecule has 0 aliphatic rings. The quantitative estimate of drug-likeness (QED) is 0.284. The Labute approximate surface area is 209 Å². The summed E-state index contributed by atoms with van der Waals surface area (Å²) in [6, 6.07) is 30.6. The molecule has 36 heavy (non-hydrogen) atoms. The first kappa shape index (κ1) is 23.4. The van der Waals surface area contributed by atoms with Crippen LogP contribution < -0.4 is 5.56 Å². The molecule has 0 aliphatic heterocycles. The predicted octanol–water partition coefficient (Wildman–Crippen LogP) is 5.77. The lowest BCUT2D eigenvalue weighted by molar-refractivity contribution is -0.137. The number of benzene rings is 3. The van der Waals surface area contributed by atoms with Crippen molar-refractivity contribution < 1.29 is 9.90 Å². The number of rotatable bonds is 9. The van der Waals surface area contributed by atoms with E-state index < -0.39 is 5.97 Å². The molecule has 0 radical (unpaired) electrons. The summed E-state index contributed by atoms with van der Waals surface area (Å²) in [6.07, 6.45) is 5.95. The molecule has 5 rings (SSSR count). The maximum absolute atomic E-state index is 12.7.